The molecule has 0 bridgehead atoms. The molecule has 0 aliphatic rings. The van der Waals surface area contributed by atoms with Crippen molar-refractivity contribution in [2.24, 2.45) is 0 Å². The van der Waals surface area contributed by atoms with Gasteiger partial charge in [0.05, 0.1) is 21.9 Å². The number of thioether (sulfide) groups is 1. The monoisotopic (exact) mass is 250 g/mol. The molecule has 1 aromatic heterocycles. The lowest BCUT2D eigenvalue weighted by Gasteiger charge is -1.96. The Morgan fingerprint density at radius 2 is 2.35 bits per heavy atom. The fourth-order valence-electron chi connectivity index (χ4n) is 1.02. The lowest BCUT2D eigenvalue weighted by molar-refractivity contribution is -0.385. The van der Waals surface area contributed by atoms with Gasteiger partial charge in [-0.05, 0) is 6.92 Å². The van der Waals surface area contributed by atoms with E-state index in [0.717, 1.165) is 11.8 Å². The number of carbonyl (C=O) groups is 1. The van der Waals surface area contributed by atoms with Gasteiger partial charge in [-0.3, -0.25) is 19.9 Å². The van der Waals surface area contributed by atoms with E-state index in [1.807, 2.05) is 0 Å². The topological polar surface area (TPSA) is 73.1 Å². The first-order valence-corrected chi connectivity index (χ1v) is 5.72. The van der Waals surface area contributed by atoms with Crippen LogP contribution in [0.5, 0.6) is 0 Å². The van der Waals surface area contributed by atoms with Crippen LogP contribution >= 0.6 is 11.8 Å². The van der Waals surface area contributed by atoms with E-state index in [-0.39, 0.29) is 10.8 Å². The van der Waals surface area contributed by atoms with Gasteiger partial charge in [0.15, 0.2) is 5.12 Å². The van der Waals surface area contributed by atoms with Gasteiger partial charge in [-0.25, -0.2) is 0 Å². The molecule has 88 valence electrons. The zero-order valence-corrected chi connectivity index (χ0v) is 10.2. The van der Waals surface area contributed by atoms with Crippen molar-refractivity contribution in [2.45, 2.75) is 13.8 Å². The second-order valence-electron chi connectivity index (χ2n) is 3.17. The first-order valence-electron chi connectivity index (χ1n) is 4.74. The lowest BCUT2D eigenvalue weighted by Crippen LogP contribution is -1.93. The molecule has 0 aliphatic heterocycles. The number of hydrogen-bond donors (Lipinski definition) is 0. The molecule has 0 aromatic carbocycles. The Hall–Kier alpha value is -1.87. The Bertz CT molecular complexity index is 517. The van der Waals surface area contributed by atoms with Crippen LogP contribution in [0, 0.1) is 28.9 Å². The smallest absolute Gasteiger partial charge is 0.288 e. The van der Waals surface area contributed by atoms with Gasteiger partial charge in [0, 0.05) is 13.0 Å². The molecule has 17 heavy (non-hydrogen) atoms. The number of rotatable bonds is 2. The largest absolute Gasteiger partial charge is 0.288 e. The molecule has 0 fully saturated rings. The van der Waals surface area contributed by atoms with Crippen LogP contribution < -0.4 is 0 Å². The van der Waals surface area contributed by atoms with Crippen LogP contribution in [0.15, 0.2) is 12.3 Å². The van der Waals surface area contributed by atoms with Crippen LogP contribution in [0.2, 0.25) is 0 Å². The number of nitrogens with zero attached hydrogens (tertiary/aromatic N) is 2. The van der Waals surface area contributed by atoms with Crippen molar-refractivity contribution in [1.82, 2.24) is 4.98 Å². The fraction of sp³-hybridized carbons (Fsp3) is 0.273. The molecule has 0 spiro atoms. The SMILES string of the molecule is CC(=O)SCC#Cc1cc([N+](=O)[O-])cnc1C. The maximum Gasteiger partial charge on any atom is 0.288 e. The van der Waals surface area contributed by atoms with Gasteiger partial charge < -0.3 is 0 Å². The van der Waals surface area contributed by atoms with Crippen LogP contribution in [0.4, 0.5) is 5.69 Å². The molecular weight excluding hydrogens is 240 g/mol. The van der Waals surface area contributed by atoms with Gasteiger partial charge in [0.25, 0.3) is 5.69 Å². The quantitative estimate of drug-likeness (QED) is 0.455. The zero-order chi connectivity index (χ0) is 12.8. The average molecular weight is 250 g/mol. The normalized spacial score (nSPS) is 9.29. The van der Waals surface area contributed by atoms with Crippen LogP contribution in [-0.2, 0) is 4.79 Å². The second-order valence-corrected chi connectivity index (χ2v) is 4.32. The van der Waals surface area contributed by atoms with E-state index < -0.39 is 4.92 Å². The van der Waals surface area contributed by atoms with E-state index in [9.17, 15) is 14.9 Å². The number of pyridine rings is 1. The molecule has 0 saturated carbocycles. The highest BCUT2D eigenvalue weighted by atomic mass is 32.2. The Balaban J connectivity index is 2.86. The van der Waals surface area contributed by atoms with E-state index in [4.69, 9.17) is 0 Å². The molecule has 0 saturated heterocycles. The third-order valence-corrected chi connectivity index (χ3v) is 2.55. The summed E-state index contributed by atoms with van der Waals surface area (Å²) < 4.78 is 0. The van der Waals surface area contributed by atoms with Crippen molar-refractivity contribution in [2.75, 3.05) is 5.75 Å². The van der Waals surface area contributed by atoms with Crippen LogP contribution in [0.3, 0.4) is 0 Å². The molecule has 1 heterocycles. The van der Waals surface area contributed by atoms with Crippen LogP contribution in [0.1, 0.15) is 18.2 Å². The highest BCUT2D eigenvalue weighted by Gasteiger charge is 2.07. The van der Waals surface area contributed by atoms with Crippen molar-refractivity contribution in [3.05, 3.63) is 33.6 Å². The van der Waals surface area contributed by atoms with Crippen molar-refractivity contribution in [1.29, 1.82) is 0 Å². The maximum atomic E-state index is 10.7. The standard InChI is InChI=1S/C11H10N2O3S/c1-8-10(4-3-5-17-9(2)14)6-11(7-12-8)13(15)16/h6-7H,5H2,1-2H3. The molecular formula is C11H10N2O3S. The third-order valence-electron chi connectivity index (χ3n) is 1.85. The van der Waals surface area contributed by atoms with Gasteiger partial charge in [-0.2, -0.15) is 0 Å². The Morgan fingerprint density at radius 1 is 1.65 bits per heavy atom. The fourth-order valence-corrected chi connectivity index (χ4v) is 1.37. The summed E-state index contributed by atoms with van der Waals surface area (Å²) in [5, 5.41) is 10.5. The van der Waals surface area contributed by atoms with Gasteiger partial charge in [0.2, 0.25) is 0 Å². The van der Waals surface area contributed by atoms with Crippen LogP contribution in [0.25, 0.3) is 0 Å². The number of nitro groups is 1. The summed E-state index contributed by atoms with van der Waals surface area (Å²) in [6, 6.07) is 1.38. The third kappa shape index (κ3) is 4.25. The Kier molecular flexibility index (Phi) is 4.67. The minimum Gasteiger partial charge on any atom is -0.288 e. The van der Waals surface area contributed by atoms with Gasteiger partial charge in [-0.1, -0.05) is 23.6 Å². The first-order chi connectivity index (χ1) is 8.00. The molecule has 0 radical (unpaired) electrons. The molecule has 0 atom stereocenters. The molecule has 1 rings (SSSR count). The van der Waals surface area contributed by atoms with Crippen LogP contribution in [-0.4, -0.2) is 20.8 Å². The second kappa shape index (κ2) is 6.01. The Labute approximate surface area is 103 Å². The number of carbonyl (C=O) groups excluding carboxylic acids is 1. The van der Waals surface area contributed by atoms with Crippen molar-refractivity contribution in [3.8, 4) is 11.8 Å². The van der Waals surface area contributed by atoms with E-state index in [1.54, 1.807) is 6.92 Å². The zero-order valence-electron chi connectivity index (χ0n) is 9.39. The van der Waals surface area contributed by atoms with E-state index in [0.29, 0.717) is 17.0 Å². The number of hydrogen-bond acceptors (Lipinski definition) is 5. The van der Waals surface area contributed by atoms with Gasteiger partial charge >= 0.3 is 0 Å². The number of aromatic nitrogens is 1. The molecule has 5 nitrogen and oxygen atoms in total. The summed E-state index contributed by atoms with van der Waals surface area (Å²) in [4.78, 5) is 24.6. The summed E-state index contributed by atoms with van der Waals surface area (Å²) in [5.41, 5.74) is 1.07. The molecule has 6 heteroatoms. The predicted octanol–water partition coefficient (Wildman–Crippen LogP) is 1.93. The van der Waals surface area contributed by atoms with Crippen molar-refractivity contribution in [3.63, 3.8) is 0 Å². The van der Waals surface area contributed by atoms with E-state index in [2.05, 4.69) is 16.8 Å². The van der Waals surface area contributed by atoms with E-state index in [1.165, 1.54) is 19.2 Å². The predicted molar refractivity (Wildman–Crippen MR) is 65.6 cm³/mol. The van der Waals surface area contributed by atoms with Gasteiger partial charge in [-0.15, -0.1) is 0 Å². The molecule has 0 aliphatic carbocycles. The summed E-state index contributed by atoms with van der Waals surface area (Å²) >= 11 is 1.10. The maximum absolute atomic E-state index is 10.7. The van der Waals surface area contributed by atoms with Crippen molar-refractivity contribution >= 4 is 22.6 Å². The van der Waals surface area contributed by atoms with E-state index >= 15 is 0 Å². The van der Waals surface area contributed by atoms with Crippen molar-refractivity contribution < 1.29 is 9.72 Å². The lowest BCUT2D eigenvalue weighted by atomic mass is 10.2. The summed E-state index contributed by atoms with van der Waals surface area (Å²) in [6.07, 6.45) is 1.20. The Morgan fingerprint density at radius 3 is 2.94 bits per heavy atom. The highest BCUT2D eigenvalue weighted by molar-refractivity contribution is 8.13. The summed E-state index contributed by atoms with van der Waals surface area (Å²) in [6.45, 7) is 3.19. The highest BCUT2D eigenvalue weighted by Crippen LogP contribution is 2.13. The first kappa shape index (κ1) is 13.2. The molecule has 1 aromatic rings. The summed E-state index contributed by atoms with van der Waals surface area (Å²) in [5.74, 6) is 5.92. The molecule has 0 N–H and O–H groups in total. The number of aryl methyl sites for hydroxylation is 1. The minimum absolute atomic E-state index is 0.00631. The minimum atomic E-state index is -0.512. The van der Waals surface area contributed by atoms with Gasteiger partial charge in [0.1, 0.15) is 6.20 Å². The molecule has 0 amide bonds. The summed E-state index contributed by atoms with van der Waals surface area (Å²) in [7, 11) is 0. The molecule has 0 unspecified atom stereocenters. The average Bonchev–Trinajstić information content (AvgIpc) is 2.25.